The summed E-state index contributed by atoms with van der Waals surface area (Å²) in [7, 11) is 0. The molecule has 1 aromatic heterocycles. The SMILES string of the molecule is O=C(O)c1cc2c(cc1F)N(Cc1ccccc1)Cc1c(C3CC3)ncn1-2. The van der Waals surface area contributed by atoms with Crippen molar-refractivity contribution in [3.8, 4) is 5.69 Å². The number of benzene rings is 2. The van der Waals surface area contributed by atoms with Gasteiger partial charge in [0.25, 0.3) is 0 Å². The van der Waals surface area contributed by atoms with Crippen LogP contribution in [0.2, 0.25) is 0 Å². The lowest BCUT2D eigenvalue weighted by atomic mass is 10.1. The topological polar surface area (TPSA) is 58.4 Å². The lowest BCUT2D eigenvalue weighted by Crippen LogP contribution is -2.30. The number of hydrogen-bond acceptors (Lipinski definition) is 3. The van der Waals surface area contributed by atoms with Gasteiger partial charge in [0.1, 0.15) is 5.82 Å². The van der Waals surface area contributed by atoms with Crippen molar-refractivity contribution >= 4 is 11.7 Å². The molecule has 2 heterocycles. The third-order valence-corrected chi connectivity index (χ3v) is 5.31. The number of rotatable bonds is 4. The zero-order valence-electron chi connectivity index (χ0n) is 14.6. The molecule has 0 atom stereocenters. The van der Waals surface area contributed by atoms with Gasteiger partial charge in [-0.1, -0.05) is 30.3 Å². The van der Waals surface area contributed by atoms with Crippen LogP contribution in [0.3, 0.4) is 0 Å². The van der Waals surface area contributed by atoms with E-state index in [2.05, 4.69) is 9.88 Å². The fourth-order valence-corrected chi connectivity index (χ4v) is 3.82. The summed E-state index contributed by atoms with van der Waals surface area (Å²) >= 11 is 0. The molecule has 6 heteroatoms. The quantitative estimate of drug-likeness (QED) is 0.758. The molecule has 1 saturated carbocycles. The molecule has 2 aromatic carbocycles. The van der Waals surface area contributed by atoms with Crippen molar-refractivity contribution in [3.63, 3.8) is 0 Å². The van der Waals surface area contributed by atoms with Crippen LogP contribution in [-0.4, -0.2) is 20.6 Å². The molecule has 27 heavy (non-hydrogen) atoms. The minimum atomic E-state index is -1.26. The lowest BCUT2D eigenvalue weighted by molar-refractivity contribution is 0.0692. The molecule has 0 unspecified atom stereocenters. The fraction of sp³-hybridized carbons (Fsp3) is 0.238. The average Bonchev–Trinajstić information content (AvgIpc) is 3.42. The van der Waals surface area contributed by atoms with E-state index >= 15 is 0 Å². The monoisotopic (exact) mass is 363 g/mol. The number of carbonyl (C=O) groups is 1. The summed E-state index contributed by atoms with van der Waals surface area (Å²) in [6.07, 6.45) is 4.02. The highest BCUT2D eigenvalue weighted by molar-refractivity contribution is 5.90. The van der Waals surface area contributed by atoms with E-state index in [1.54, 1.807) is 6.33 Å². The molecular formula is C21H18FN3O2. The number of anilines is 1. The molecule has 5 nitrogen and oxygen atoms in total. The maximum atomic E-state index is 14.4. The molecular weight excluding hydrogens is 345 g/mol. The van der Waals surface area contributed by atoms with Crippen LogP contribution in [0.5, 0.6) is 0 Å². The van der Waals surface area contributed by atoms with Crippen molar-refractivity contribution in [2.75, 3.05) is 4.90 Å². The van der Waals surface area contributed by atoms with Crippen molar-refractivity contribution in [3.05, 3.63) is 77.1 Å². The summed E-state index contributed by atoms with van der Waals surface area (Å²) in [5, 5.41) is 9.34. The Morgan fingerprint density at radius 1 is 1.19 bits per heavy atom. The largest absolute Gasteiger partial charge is 0.478 e. The van der Waals surface area contributed by atoms with Gasteiger partial charge in [-0.15, -0.1) is 0 Å². The van der Waals surface area contributed by atoms with E-state index in [1.807, 2.05) is 34.9 Å². The predicted molar refractivity (Wildman–Crippen MR) is 98.8 cm³/mol. The molecule has 1 aliphatic carbocycles. The molecule has 2 aliphatic rings. The second-order valence-corrected chi connectivity index (χ2v) is 7.19. The summed E-state index contributed by atoms with van der Waals surface area (Å²) < 4.78 is 16.4. The maximum absolute atomic E-state index is 14.4. The van der Waals surface area contributed by atoms with E-state index in [-0.39, 0.29) is 5.56 Å². The number of hydrogen-bond donors (Lipinski definition) is 1. The van der Waals surface area contributed by atoms with E-state index in [1.165, 1.54) is 12.1 Å². The van der Waals surface area contributed by atoms with Gasteiger partial charge in [0.05, 0.1) is 41.2 Å². The summed E-state index contributed by atoms with van der Waals surface area (Å²) in [5.74, 6) is -1.49. The van der Waals surface area contributed by atoms with E-state index in [9.17, 15) is 14.3 Å². The van der Waals surface area contributed by atoms with Gasteiger partial charge in [-0.25, -0.2) is 14.2 Å². The zero-order chi connectivity index (χ0) is 18.5. The van der Waals surface area contributed by atoms with Crippen LogP contribution in [0, 0.1) is 5.82 Å². The van der Waals surface area contributed by atoms with Gasteiger partial charge >= 0.3 is 5.97 Å². The molecule has 1 aliphatic heterocycles. The fourth-order valence-electron chi connectivity index (χ4n) is 3.82. The zero-order valence-corrected chi connectivity index (χ0v) is 14.6. The Kier molecular flexibility index (Phi) is 3.53. The van der Waals surface area contributed by atoms with E-state index in [0.717, 1.165) is 29.8 Å². The third-order valence-electron chi connectivity index (χ3n) is 5.31. The molecule has 0 bridgehead atoms. The number of fused-ring (bicyclic) bond motifs is 3. The third kappa shape index (κ3) is 2.68. The summed E-state index contributed by atoms with van der Waals surface area (Å²) in [4.78, 5) is 18.1. The first-order valence-corrected chi connectivity index (χ1v) is 9.04. The van der Waals surface area contributed by atoms with Crippen LogP contribution in [0.4, 0.5) is 10.1 Å². The second kappa shape index (κ2) is 5.94. The average molecular weight is 363 g/mol. The first-order valence-electron chi connectivity index (χ1n) is 9.04. The Morgan fingerprint density at radius 2 is 1.96 bits per heavy atom. The van der Waals surface area contributed by atoms with Crippen molar-refractivity contribution < 1.29 is 14.3 Å². The van der Waals surface area contributed by atoms with Crippen LogP contribution in [0.15, 0.2) is 48.8 Å². The number of halogens is 1. The molecule has 1 fully saturated rings. The maximum Gasteiger partial charge on any atom is 0.338 e. The van der Waals surface area contributed by atoms with Crippen molar-refractivity contribution in [1.29, 1.82) is 0 Å². The summed E-state index contributed by atoms with van der Waals surface area (Å²) in [6, 6.07) is 12.8. The number of carboxylic acids is 1. The van der Waals surface area contributed by atoms with Crippen LogP contribution in [0.1, 0.15) is 46.1 Å². The number of aromatic nitrogens is 2. The Labute approximate surface area is 155 Å². The Bertz CT molecular complexity index is 1040. The summed E-state index contributed by atoms with van der Waals surface area (Å²) in [6.45, 7) is 1.24. The number of imidazole rings is 1. The van der Waals surface area contributed by atoms with Crippen LogP contribution in [-0.2, 0) is 13.1 Å². The normalized spacial score (nSPS) is 15.4. The Balaban J connectivity index is 1.65. The predicted octanol–water partition coefficient (Wildman–Crippen LogP) is 4.11. The first-order chi connectivity index (χ1) is 13.1. The van der Waals surface area contributed by atoms with Crippen LogP contribution >= 0.6 is 0 Å². The lowest BCUT2D eigenvalue weighted by Gasteiger charge is -2.33. The van der Waals surface area contributed by atoms with Crippen LogP contribution < -0.4 is 4.90 Å². The smallest absolute Gasteiger partial charge is 0.338 e. The minimum Gasteiger partial charge on any atom is -0.478 e. The van der Waals surface area contributed by atoms with Gasteiger partial charge in [-0.05, 0) is 24.5 Å². The van der Waals surface area contributed by atoms with Gasteiger partial charge < -0.3 is 10.0 Å². The van der Waals surface area contributed by atoms with E-state index in [0.29, 0.717) is 30.4 Å². The van der Waals surface area contributed by atoms with Crippen LogP contribution in [0.25, 0.3) is 5.69 Å². The molecule has 3 aromatic rings. The Morgan fingerprint density at radius 3 is 2.67 bits per heavy atom. The molecule has 136 valence electrons. The van der Waals surface area contributed by atoms with Gasteiger partial charge in [-0.3, -0.25) is 4.57 Å². The van der Waals surface area contributed by atoms with E-state index in [4.69, 9.17) is 0 Å². The minimum absolute atomic E-state index is 0.317. The van der Waals surface area contributed by atoms with Crippen molar-refractivity contribution in [2.24, 2.45) is 0 Å². The second-order valence-electron chi connectivity index (χ2n) is 7.19. The highest BCUT2D eigenvalue weighted by Gasteiger charge is 2.34. The highest BCUT2D eigenvalue weighted by atomic mass is 19.1. The standard InChI is InChI=1S/C21H18FN3O2/c22-16-9-17-18(8-15(16)21(26)27)25-12-23-20(14-6-7-14)19(25)11-24(17)10-13-4-2-1-3-5-13/h1-5,8-9,12,14H,6-7,10-11H2,(H,26,27). The molecule has 5 rings (SSSR count). The van der Waals surface area contributed by atoms with E-state index < -0.39 is 11.8 Å². The first kappa shape index (κ1) is 16.1. The number of carboxylic acid groups (broad SMARTS) is 1. The molecule has 0 spiro atoms. The highest BCUT2D eigenvalue weighted by Crippen LogP contribution is 2.44. The number of nitrogens with zero attached hydrogens (tertiary/aromatic N) is 3. The molecule has 0 amide bonds. The molecule has 0 saturated heterocycles. The Hall–Kier alpha value is -3.15. The van der Waals surface area contributed by atoms with Gasteiger partial charge in [0.15, 0.2) is 0 Å². The van der Waals surface area contributed by atoms with Crippen molar-refractivity contribution in [1.82, 2.24) is 9.55 Å². The molecule has 1 N–H and O–H groups in total. The number of aromatic carboxylic acids is 1. The molecule has 0 radical (unpaired) electrons. The summed E-state index contributed by atoms with van der Waals surface area (Å²) in [5.41, 5.74) is 4.32. The van der Waals surface area contributed by atoms with Gasteiger partial charge in [0.2, 0.25) is 0 Å². The van der Waals surface area contributed by atoms with Gasteiger partial charge in [0, 0.05) is 18.5 Å². The van der Waals surface area contributed by atoms with Gasteiger partial charge in [-0.2, -0.15) is 0 Å². The van der Waals surface area contributed by atoms with Crippen molar-refractivity contribution in [2.45, 2.75) is 31.8 Å².